The third-order valence-electron chi connectivity index (χ3n) is 5.85. The second-order valence-corrected chi connectivity index (χ2v) is 8.29. The molecule has 0 radical (unpaired) electrons. The van der Waals surface area contributed by atoms with Crippen LogP contribution in [0.2, 0.25) is 0 Å². The highest BCUT2D eigenvalue weighted by atomic mass is 19.4. The van der Waals surface area contributed by atoms with Crippen LogP contribution >= 0.6 is 0 Å². The average Bonchev–Trinajstić information content (AvgIpc) is 3.15. The molecular weight excluding hydrogens is 468 g/mol. The molecule has 184 valence electrons. The van der Waals surface area contributed by atoms with Gasteiger partial charge in [0.25, 0.3) is 0 Å². The van der Waals surface area contributed by atoms with Gasteiger partial charge in [-0.3, -0.25) is 9.20 Å². The van der Waals surface area contributed by atoms with Gasteiger partial charge in [-0.2, -0.15) is 26.3 Å². The number of benzene rings is 1. The van der Waals surface area contributed by atoms with E-state index in [1.807, 2.05) is 0 Å². The first kappa shape index (κ1) is 25.3. The number of nitrogens with one attached hydrogen (secondary N) is 1. The summed E-state index contributed by atoms with van der Waals surface area (Å²) in [6, 6.07) is 3.24. The maximum Gasteiger partial charge on any atom is 0.434 e. The Morgan fingerprint density at radius 2 is 1.76 bits per heavy atom. The van der Waals surface area contributed by atoms with Gasteiger partial charge < -0.3 is 16.2 Å². The van der Waals surface area contributed by atoms with Crippen molar-refractivity contribution in [1.29, 1.82) is 0 Å². The highest BCUT2D eigenvalue weighted by Gasteiger charge is 2.66. The number of hydrogen-bond acceptors (Lipinski definition) is 5. The number of aliphatic hydroxyl groups is 1. The van der Waals surface area contributed by atoms with Crippen LogP contribution in [-0.4, -0.2) is 38.6 Å². The Morgan fingerprint density at radius 1 is 1.15 bits per heavy atom. The number of anilines is 1. The van der Waals surface area contributed by atoms with E-state index in [0.29, 0.717) is 11.8 Å². The van der Waals surface area contributed by atoms with E-state index in [0.717, 1.165) is 43.6 Å². The monoisotopic (exact) mass is 489 g/mol. The van der Waals surface area contributed by atoms with Gasteiger partial charge in [0.15, 0.2) is 22.8 Å². The summed E-state index contributed by atoms with van der Waals surface area (Å²) in [5.74, 6) is -1.60. The second-order valence-electron chi connectivity index (χ2n) is 8.29. The summed E-state index contributed by atoms with van der Waals surface area (Å²) in [7, 11) is 1.14. The minimum Gasteiger partial charge on any atom is -0.381 e. The summed E-state index contributed by atoms with van der Waals surface area (Å²) in [4.78, 5) is 19.5. The van der Waals surface area contributed by atoms with E-state index < -0.39 is 46.4 Å². The van der Waals surface area contributed by atoms with Gasteiger partial charge >= 0.3 is 12.4 Å². The van der Waals surface area contributed by atoms with Gasteiger partial charge in [-0.1, -0.05) is 12.1 Å². The summed E-state index contributed by atoms with van der Waals surface area (Å²) in [6.45, 7) is 3.40. The van der Waals surface area contributed by atoms with E-state index in [1.54, 1.807) is 0 Å². The number of nitrogens with zero attached hydrogens (tertiary/aromatic N) is 3. The van der Waals surface area contributed by atoms with Crippen LogP contribution in [0.3, 0.4) is 0 Å². The quantitative estimate of drug-likeness (QED) is 0.483. The summed E-state index contributed by atoms with van der Waals surface area (Å²) in [5.41, 5.74) is -2.13. The van der Waals surface area contributed by atoms with Gasteiger partial charge in [-0.25, -0.2) is 9.97 Å². The molecule has 7 nitrogen and oxygen atoms in total. The Kier molecular flexibility index (Phi) is 5.84. The van der Waals surface area contributed by atoms with E-state index in [9.17, 15) is 36.2 Å². The van der Waals surface area contributed by atoms with Crippen LogP contribution in [0.1, 0.15) is 30.7 Å². The van der Waals surface area contributed by atoms with Crippen LogP contribution < -0.4 is 11.1 Å². The maximum absolute atomic E-state index is 14.2. The molecule has 0 aliphatic rings. The molecule has 13 heteroatoms. The normalized spacial score (nSPS) is 14.8. The van der Waals surface area contributed by atoms with E-state index in [-0.39, 0.29) is 16.9 Å². The molecule has 3 rings (SSSR count). The molecular formula is C21H21F6N5O2. The fourth-order valence-electron chi connectivity index (χ4n) is 3.83. The van der Waals surface area contributed by atoms with Crippen molar-refractivity contribution in [3.8, 4) is 11.3 Å². The molecule has 1 unspecified atom stereocenters. The number of nitrogen functional groups attached to an aromatic ring is 1. The zero-order chi connectivity index (χ0) is 25.9. The molecule has 0 spiro atoms. The number of rotatable bonds is 4. The Balaban J connectivity index is 2.33. The number of hydrogen-bond donors (Lipinski definition) is 3. The minimum absolute atomic E-state index is 0.0174. The van der Waals surface area contributed by atoms with Gasteiger partial charge in [0, 0.05) is 18.8 Å². The molecule has 4 N–H and O–H groups in total. The first-order valence-corrected chi connectivity index (χ1v) is 9.80. The molecule has 1 atom stereocenters. The highest BCUT2D eigenvalue weighted by molar-refractivity contribution is 5.83. The Bertz CT molecular complexity index is 1260. The third-order valence-corrected chi connectivity index (χ3v) is 5.85. The Morgan fingerprint density at radius 3 is 2.29 bits per heavy atom. The zero-order valence-corrected chi connectivity index (χ0v) is 18.4. The molecule has 0 fully saturated rings. The molecule has 0 saturated carbocycles. The molecule has 1 aromatic carbocycles. The summed E-state index contributed by atoms with van der Waals surface area (Å²) < 4.78 is 83.5. The Hall–Kier alpha value is -3.35. The number of nitrogens with two attached hydrogens (primary N) is 1. The van der Waals surface area contributed by atoms with E-state index >= 15 is 0 Å². The van der Waals surface area contributed by atoms with Crippen molar-refractivity contribution in [2.75, 3.05) is 12.8 Å². The van der Waals surface area contributed by atoms with Crippen molar-refractivity contribution in [3.05, 3.63) is 47.4 Å². The van der Waals surface area contributed by atoms with Crippen LogP contribution in [0.5, 0.6) is 0 Å². The van der Waals surface area contributed by atoms with E-state index in [2.05, 4.69) is 15.3 Å². The fourth-order valence-corrected chi connectivity index (χ4v) is 3.83. The van der Waals surface area contributed by atoms with E-state index in [4.69, 9.17) is 5.73 Å². The number of carbonyl (C=O) groups excluding carboxylic acids is 1. The predicted molar refractivity (Wildman–Crippen MR) is 110 cm³/mol. The largest absolute Gasteiger partial charge is 0.434 e. The van der Waals surface area contributed by atoms with Gasteiger partial charge in [-0.05, 0) is 38.0 Å². The highest BCUT2D eigenvalue weighted by Crippen LogP contribution is 2.51. The molecule has 1 amide bonds. The van der Waals surface area contributed by atoms with Crippen LogP contribution in [0.15, 0.2) is 30.6 Å². The second kappa shape index (κ2) is 7.86. The first-order valence-electron chi connectivity index (χ1n) is 9.80. The molecule has 2 aromatic heterocycles. The van der Waals surface area contributed by atoms with Crippen LogP contribution in [0, 0.1) is 12.3 Å². The molecule has 2 heterocycles. The number of halogens is 6. The number of amides is 1. The summed E-state index contributed by atoms with van der Waals surface area (Å²) >= 11 is 0. The number of fused-ring (bicyclic) bond motifs is 1. The summed E-state index contributed by atoms with van der Waals surface area (Å²) in [6.07, 6.45) is -8.36. The number of aryl methyl sites for hydroxylation is 1. The van der Waals surface area contributed by atoms with Crippen LogP contribution in [0.25, 0.3) is 16.9 Å². The number of alkyl halides is 6. The van der Waals surface area contributed by atoms with Crippen molar-refractivity contribution < 1.29 is 36.2 Å². The summed E-state index contributed by atoms with van der Waals surface area (Å²) in [5, 5.41) is 13.1. The number of carbonyl (C=O) groups is 1. The van der Waals surface area contributed by atoms with Gasteiger partial charge in [0.05, 0.1) is 17.3 Å². The minimum atomic E-state index is -5.28. The molecule has 0 bridgehead atoms. The van der Waals surface area contributed by atoms with Gasteiger partial charge in [-0.15, -0.1) is 0 Å². The number of aromatic nitrogens is 3. The van der Waals surface area contributed by atoms with Gasteiger partial charge in [0.1, 0.15) is 0 Å². The molecule has 0 aliphatic carbocycles. The fraction of sp³-hybridized carbons (Fsp3) is 0.381. The predicted octanol–water partition coefficient (Wildman–Crippen LogP) is 3.83. The van der Waals surface area contributed by atoms with E-state index in [1.165, 1.54) is 13.0 Å². The van der Waals surface area contributed by atoms with Crippen molar-refractivity contribution in [1.82, 2.24) is 19.7 Å². The topological polar surface area (TPSA) is 106 Å². The lowest BCUT2D eigenvalue weighted by atomic mass is 9.69. The maximum atomic E-state index is 14.2. The SMILES string of the molecule is CNC(=O)C(C)(C)C(O)(c1ccc(C)c(-c2cnc3c(N)nc(C(F)(F)F)cn23)c1)C(F)(F)F. The molecule has 0 saturated heterocycles. The zero-order valence-electron chi connectivity index (χ0n) is 18.4. The van der Waals surface area contributed by atoms with Crippen LogP contribution in [0.4, 0.5) is 32.2 Å². The average molecular weight is 489 g/mol. The van der Waals surface area contributed by atoms with Gasteiger partial charge in [0.2, 0.25) is 5.91 Å². The number of imidazole rings is 1. The lowest BCUT2D eigenvalue weighted by molar-refractivity contribution is -0.299. The van der Waals surface area contributed by atoms with Crippen molar-refractivity contribution in [2.24, 2.45) is 5.41 Å². The third kappa shape index (κ3) is 3.73. The lowest BCUT2D eigenvalue weighted by Gasteiger charge is -2.42. The van der Waals surface area contributed by atoms with Crippen molar-refractivity contribution >= 4 is 17.4 Å². The van der Waals surface area contributed by atoms with Crippen molar-refractivity contribution in [3.63, 3.8) is 0 Å². The smallest absolute Gasteiger partial charge is 0.381 e. The lowest BCUT2D eigenvalue weighted by Crippen LogP contribution is -2.59. The first-order chi connectivity index (χ1) is 15.5. The Labute approximate surface area is 189 Å². The molecule has 0 aliphatic heterocycles. The van der Waals surface area contributed by atoms with Crippen molar-refractivity contribution in [2.45, 2.75) is 38.7 Å². The van der Waals surface area contributed by atoms with Crippen LogP contribution in [-0.2, 0) is 16.6 Å². The molecule has 3 aromatic rings. The standard InChI is InChI=1S/C21H21F6N5O2/c1-10-5-6-11(19(34,21(25,26)27)18(2,3)17(33)29-4)7-12(10)13-8-30-16-15(28)31-14(9-32(13)16)20(22,23)24/h5-9,34H,1-4H3,(H2,28,31)(H,29,33). The molecule has 34 heavy (non-hydrogen) atoms.